The number of hydrogen-bond donors (Lipinski definition) is 0. The molecular formula is C24H37N7O3SSi. The maximum atomic E-state index is 12.3. The molecule has 0 saturated carbocycles. The van der Waals surface area contributed by atoms with Crippen LogP contribution in [0, 0.1) is 0 Å². The van der Waals surface area contributed by atoms with Crippen molar-refractivity contribution in [1.82, 2.24) is 23.8 Å². The fraction of sp³-hybridized carbons (Fsp3) is 0.542. The predicted octanol–water partition coefficient (Wildman–Crippen LogP) is 3.10. The van der Waals surface area contributed by atoms with Crippen LogP contribution >= 0.6 is 0 Å². The van der Waals surface area contributed by atoms with Gasteiger partial charge in [-0.3, -0.25) is 0 Å². The van der Waals surface area contributed by atoms with Crippen molar-refractivity contribution in [1.29, 1.82) is 0 Å². The summed E-state index contributed by atoms with van der Waals surface area (Å²) in [5, 5.41) is 1.02. The maximum Gasteiger partial charge on any atom is 0.244 e. The Balaban J connectivity index is 1.43. The Kier molecular flexibility index (Phi) is 7.69. The zero-order chi connectivity index (χ0) is 26.1. The third-order valence-corrected chi connectivity index (χ3v) is 10.1. The van der Waals surface area contributed by atoms with Crippen LogP contribution in [0.1, 0.15) is 6.42 Å². The Morgan fingerprint density at radius 2 is 1.89 bits per heavy atom. The lowest BCUT2D eigenvalue weighted by molar-refractivity contribution is 0.0899. The highest BCUT2D eigenvalue weighted by molar-refractivity contribution is 7.89. The van der Waals surface area contributed by atoms with E-state index in [1.807, 2.05) is 17.8 Å². The van der Waals surface area contributed by atoms with Crippen molar-refractivity contribution in [3.05, 3.63) is 36.9 Å². The third kappa shape index (κ3) is 5.71. The van der Waals surface area contributed by atoms with E-state index in [1.165, 1.54) is 24.6 Å². The van der Waals surface area contributed by atoms with Crippen LogP contribution in [0.3, 0.4) is 0 Å². The molecule has 4 heterocycles. The molecule has 0 spiro atoms. The molecule has 0 aliphatic carbocycles. The van der Waals surface area contributed by atoms with Crippen LogP contribution in [0.15, 0.2) is 41.8 Å². The second-order valence-corrected chi connectivity index (χ2v) is 18.5. The molecule has 1 fully saturated rings. The van der Waals surface area contributed by atoms with Gasteiger partial charge in [0.2, 0.25) is 10.0 Å². The molecule has 10 nitrogen and oxygen atoms in total. The van der Waals surface area contributed by atoms with Gasteiger partial charge in [-0.2, -0.15) is 0 Å². The molecule has 1 aliphatic rings. The van der Waals surface area contributed by atoms with E-state index in [-0.39, 0.29) is 10.9 Å². The summed E-state index contributed by atoms with van der Waals surface area (Å²) < 4.78 is 33.8. The summed E-state index contributed by atoms with van der Waals surface area (Å²) >= 11 is 0. The molecule has 1 saturated heterocycles. The minimum absolute atomic E-state index is 0.190. The third-order valence-electron chi connectivity index (χ3n) is 6.63. The second kappa shape index (κ2) is 10.4. The Bertz CT molecular complexity index is 1290. The molecule has 4 rings (SSSR count). The van der Waals surface area contributed by atoms with Crippen molar-refractivity contribution >= 4 is 40.8 Å². The van der Waals surface area contributed by atoms with Gasteiger partial charge in [0, 0.05) is 67.3 Å². The molecule has 0 aromatic carbocycles. The second-order valence-electron chi connectivity index (χ2n) is 10.7. The van der Waals surface area contributed by atoms with Crippen LogP contribution in [-0.4, -0.2) is 87.2 Å². The molecule has 0 N–H and O–H groups in total. The fourth-order valence-electron chi connectivity index (χ4n) is 4.27. The quantitative estimate of drug-likeness (QED) is 0.291. The van der Waals surface area contributed by atoms with Crippen LogP contribution in [-0.2, 0) is 21.5 Å². The van der Waals surface area contributed by atoms with Gasteiger partial charge in [0.25, 0.3) is 0 Å². The van der Waals surface area contributed by atoms with Crippen molar-refractivity contribution in [2.24, 2.45) is 0 Å². The highest BCUT2D eigenvalue weighted by Gasteiger charge is 2.29. The molecule has 1 atom stereocenters. The molecule has 1 aliphatic heterocycles. The molecule has 1 unspecified atom stereocenters. The average Bonchev–Trinajstić information content (AvgIpc) is 3.48. The summed E-state index contributed by atoms with van der Waals surface area (Å²) in [6, 6.07) is 6.81. The Hall–Kier alpha value is -2.54. The lowest BCUT2D eigenvalue weighted by atomic mass is 10.2. The number of likely N-dealkylation sites (N-methyl/N-ethyl adjacent to an activating group) is 1. The number of rotatable bonds is 10. The minimum atomic E-state index is -3.50. The van der Waals surface area contributed by atoms with Gasteiger partial charge in [-0.15, -0.1) is 0 Å². The molecule has 12 heteroatoms. The zero-order valence-electron chi connectivity index (χ0n) is 22.0. The first-order valence-corrected chi connectivity index (χ1v) is 17.4. The Morgan fingerprint density at radius 1 is 1.11 bits per heavy atom. The molecule has 3 aromatic heterocycles. The van der Waals surface area contributed by atoms with Crippen LogP contribution < -0.4 is 9.80 Å². The molecule has 0 amide bonds. The highest BCUT2D eigenvalue weighted by atomic mass is 32.2. The average molecular weight is 532 g/mol. The molecular weight excluding hydrogens is 494 g/mol. The van der Waals surface area contributed by atoms with E-state index in [0.717, 1.165) is 54.8 Å². The maximum absolute atomic E-state index is 12.3. The number of ether oxygens (including phenoxy) is 1. The number of anilines is 2. The minimum Gasteiger partial charge on any atom is -0.361 e. The first-order chi connectivity index (χ1) is 17.0. The highest BCUT2D eigenvalue weighted by Crippen LogP contribution is 2.29. The summed E-state index contributed by atoms with van der Waals surface area (Å²) in [5.41, 5.74) is 0.879. The van der Waals surface area contributed by atoms with Crippen molar-refractivity contribution in [3.63, 3.8) is 0 Å². The smallest absolute Gasteiger partial charge is 0.244 e. The normalized spacial score (nSPS) is 16.9. The van der Waals surface area contributed by atoms with Gasteiger partial charge in [-0.1, -0.05) is 19.6 Å². The van der Waals surface area contributed by atoms with Crippen LogP contribution in [0.2, 0.25) is 25.7 Å². The summed E-state index contributed by atoms with van der Waals surface area (Å²) in [6.07, 6.45) is 6.02. The SMILES string of the molecule is CN(c1ccc(S(=O)(=O)N(C)C)cn1)C1CCN(c2ncnc3c2ccn3COCC[Si](C)(C)C)C1. The first kappa shape index (κ1) is 26.5. The monoisotopic (exact) mass is 531 g/mol. The van der Waals surface area contributed by atoms with Crippen LogP contribution in [0.5, 0.6) is 0 Å². The Morgan fingerprint density at radius 3 is 2.56 bits per heavy atom. The van der Waals surface area contributed by atoms with E-state index in [0.29, 0.717) is 6.73 Å². The van der Waals surface area contributed by atoms with Gasteiger partial charge < -0.3 is 19.1 Å². The van der Waals surface area contributed by atoms with Gasteiger partial charge in [0.1, 0.15) is 35.2 Å². The van der Waals surface area contributed by atoms with Crippen LogP contribution in [0.25, 0.3) is 11.0 Å². The number of nitrogens with zero attached hydrogens (tertiary/aromatic N) is 7. The zero-order valence-corrected chi connectivity index (χ0v) is 23.9. The van der Waals surface area contributed by atoms with Crippen molar-refractivity contribution in [2.45, 2.75) is 49.8 Å². The number of hydrogen-bond acceptors (Lipinski definition) is 8. The van der Waals surface area contributed by atoms with E-state index >= 15 is 0 Å². The number of pyridine rings is 1. The summed E-state index contributed by atoms with van der Waals surface area (Å²) in [7, 11) is 0.417. The summed E-state index contributed by atoms with van der Waals surface area (Å²) in [6.45, 7) is 9.96. The number of fused-ring (bicyclic) bond motifs is 1. The lowest BCUT2D eigenvalue weighted by Crippen LogP contribution is -2.35. The van der Waals surface area contributed by atoms with Gasteiger partial charge >= 0.3 is 0 Å². The number of sulfonamides is 1. The van der Waals surface area contributed by atoms with E-state index < -0.39 is 18.1 Å². The van der Waals surface area contributed by atoms with E-state index in [4.69, 9.17) is 4.74 Å². The molecule has 196 valence electrons. The number of aromatic nitrogens is 4. The van der Waals surface area contributed by atoms with Gasteiger partial charge in [0.15, 0.2) is 0 Å². The van der Waals surface area contributed by atoms with Crippen molar-refractivity contribution in [3.8, 4) is 0 Å². The van der Waals surface area contributed by atoms with Crippen molar-refractivity contribution in [2.75, 3.05) is 50.6 Å². The molecule has 36 heavy (non-hydrogen) atoms. The van der Waals surface area contributed by atoms with Crippen molar-refractivity contribution < 1.29 is 13.2 Å². The summed E-state index contributed by atoms with van der Waals surface area (Å²) in [5.74, 6) is 1.67. The standard InChI is InChI=1S/C24H37N7O3SSi/c1-28(2)35(32,33)20-7-8-22(25-15-20)29(3)19-9-11-30(16-19)23-21-10-12-31(24(21)27-17-26-23)18-34-13-14-36(4,5)6/h7-8,10,12,15,17,19H,9,11,13-14,16,18H2,1-6H3. The van der Waals surface area contributed by atoms with E-state index in [1.54, 1.807) is 18.5 Å². The van der Waals surface area contributed by atoms with Gasteiger partial charge in [-0.25, -0.2) is 27.7 Å². The Labute approximate surface area is 215 Å². The van der Waals surface area contributed by atoms with Gasteiger partial charge in [0.05, 0.1) is 5.39 Å². The van der Waals surface area contributed by atoms with Gasteiger partial charge in [-0.05, 0) is 30.7 Å². The lowest BCUT2D eigenvalue weighted by Gasteiger charge is -2.26. The molecule has 0 bridgehead atoms. The molecule has 3 aromatic rings. The van der Waals surface area contributed by atoms with E-state index in [2.05, 4.69) is 50.5 Å². The predicted molar refractivity (Wildman–Crippen MR) is 146 cm³/mol. The summed E-state index contributed by atoms with van der Waals surface area (Å²) in [4.78, 5) is 18.2. The fourth-order valence-corrected chi connectivity index (χ4v) is 5.87. The topological polar surface area (TPSA) is 96.7 Å². The molecule has 0 radical (unpaired) electrons. The van der Waals surface area contributed by atoms with Crippen LogP contribution in [0.4, 0.5) is 11.6 Å². The first-order valence-electron chi connectivity index (χ1n) is 12.2. The van der Waals surface area contributed by atoms with E-state index in [9.17, 15) is 8.42 Å². The largest absolute Gasteiger partial charge is 0.361 e.